The van der Waals surface area contributed by atoms with E-state index in [9.17, 15) is 9.18 Å². The molecule has 120 valence electrons. The summed E-state index contributed by atoms with van der Waals surface area (Å²) in [6.07, 6.45) is 6.46. The molecular weight excluding hydrogens is 285 g/mol. The van der Waals surface area contributed by atoms with Crippen LogP contribution in [0.2, 0.25) is 0 Å². The summed E-state index contributed by atoms with van der Waals surface area (Å²) in [6, 6.07) is 1.65. The summed E-state index contributed by atoms with van der Waals surface area (Å²) in [5.41, 5.74) is 0.413. The fraction of sp³-hybridized carbons (Fsp3) is 0.688. The molecular formula is C16H22FN3O2. The lowest BCUT2D eigenvalue weighted by Gasteiger charge is -2.22. The summed E-state index contributed by atoms with van der Waals surface area (Å²) in [5.74, 6) is 1.00. The van der Waals surface area contributed by atoms with Gasteiger partial charge in [0.2, 0.25) is 0 Å². The van der Waals surface area contributed by atoms with Gasteiger partial charge in [-0.05, 0) is 25.3 Å². The van der Waals surface area contributed by atoms with Gasteiger partial charge < -0.3 is 9.64 Å². The van der Waals surface area contributed by atoms with Crippen LogP contribution < -0.4 is 0 Å². The van der Waals surface area contributed by atoms with Gasteiger partial charge in [-0.15, -0.1) is 0 Å². The summed E-state index contributed by atoms with van der Waals surface area (Å²) in [6.45, 7) is 0.798. The third-order valence-electron chi connectivity index (χ3n) is 4.42. The Morgan fingerprint density at radius 3 is 2.95 bits per heavy atom. The normalized spacial score (nSPS) is 23.5. The molecule has 0 spiro atoms. The van der Waals surface area contributed by atoms with Crippen molar-refractivity contribution in [3.8, 4) is 0 Å². The molecule has 1 unspecified atom stereocenters. The Hall–Kier alpha value is -1.56. The number of nitrogens with zero attached hydrogens (tertiary/aromatic N) is 3. The molecule has 0 aromatic carbocycles. The number of halogens is 1. The first-order valence-corrected chi connectivity index (χ1v) is 8.07. The second-order valence-corrected chi connectivity index (χ2v) is 6.03. The molecule has 6 heteroatoms. The molecule has 1 aliphatic carbocycles. The van der Waals surface area contributed by atoms with Crippen LogP contribution in [0.1, 0.15) is 54.3 Å². The fourth-order valence-corrected chi connectivity index (χ4v) is 3.21. The number of ether oxygens (including phenoxy) is 1. The van der Waals surface area contributed by atoms with Gasteiger partial charge in [-0.1, -0.05) is 12.8 Å². The third kappa shape index (κ3) is 3.43. The Morgan fingerprint density at radius 2 is 2.18 bits per heavy atom. The van der Waals surface area contributed by atoms with Crippen molar-refractivity contribution in [2.24, 2.45) is 0 Å². The van der Waals surface area contributed by atoms with Gasteiger partial charge in [-0.25, -0.2) is 14.4 Å². The van der Waals surface area contributed by atoms with E-state index in [0.29, 0.717) is 24.8 Å². The first-order chi connectivity index (χ1) is 10.8. The summed E-state index contributed by atoms with van der Waals surface area (Å²) in [7, 11) is 0. The third-order valence-corrected chi connectivity index (χ3v) is 4.42. The number of alkyl halides is 1. The van der Waals surface area contributed by atoms with Gasteiger partial charge in [0.05, 0.1) is 0 Å². The predicted molar refractivity (Wildman–Crippen MR) is 79.5 cm³/mol. The van der Waals surface area contributed by atoms with Crippen molar-refractivity contribution in [2.45, 2.75) is 44.1 Å². The van der Waals surface area contributed by atoms with Crippen LogP contribution >= 0.6 is 0 Å². The van der Waals surface area contributed by atoms with Gasteiger partial charge in [0.1, 0.15) is 24.3 Å². The lowest BCUT2D eigenvalue weighted by Crippen LogP contribution is -2.38. The molecule has 0 radical (unpaired) electrons. The van der Waals surface area contributed by atoms with E-state index in [1.807, 2.05) is 0 Å². The molecule has 1 aliphatic heterocycles. The maximum atomic E-state index is 12.9. The molecule has 1 aromatic rings. The fourth-order valence-electron chi connectivity index (χ4n) is 3.21. The van der Waals surface area contributed by atoms with E-state index in [-0.39, 0.29) is 12.5 Å². The minimum Gasteiger partial charge on any atom is -0.374 e. The molecule has 2 fully saturated rings. The smallest absolute Gasteiger partial charge is 0.272 e. The van der Waals surface area contributed by atoms with Crippen LogP contribution in [-0.2, 0) is 4.74 Å². The topological polar surface area (TPSA) is 55.3 Å². The molecule has 0 N–H and O–H groups in total. The van der Waals surface area contributed by atoms with Crippen LogP contribution in [0.3, 0.4) is 0 Å². The standard InChI is InChI=1S/C16H22FN3O2/c17-10-13-11-20(8-3-9-22-13)16(21)14-6-7-18-15(19-14)12-4-1-2-5-12/h6-7,12-13H,1-5,8-11H2. The maximum absolute atomic E-state index is 12.9. The average Bonchev–Trinajstić information content (AvgIpc) is 2.99. The van der Waals surface area contributed by atoms with Crippen LogP contribution in [0.5, 0.6) is 0 Å². The molecule has 1 aromatic heterocycles. The zero-order valence-corrected chi connectivity index (χ0v) is 12.7. The largest absolute Gasteiger partial charge is 0.374 e. The van der Waals surface area contributed by atoms with Crippen molar-refractivity contribution in [1.29, 1.82) is 0 Å². The molecule has 3 rings (SSSR count). The van der Waals surface area contributed by atoms with Crippen LogP contribution in [0.25, 0.3) is 0 Å². The summed E-state index contributed by atoms with van der Waals surface area (Å²) in [5, 5.41) is 0. The summed E-state index contributed by atoms with van der Waals surface area (Å²) in [4.78, 5) is 23.1. The Balaban J connectivity index is 1.74. The van der Waals surface area contributed by atoms with E-state index < -0.39 is 12.8 Å². The molecule has 5 nitrogen and oxygen atoms in total. The zero-order chi connectivity index (χ0) is 15.4. The number of hydrogen-bond acceptors (Lipinski definition) is 4. The van der Waals surface area contributed by atoms with Crippen molar-refractivity contribution < 1.29 is 13.9 Å². The lowest BCUT2D eigenvalue weighted by molar-refractivity contribution is 0.0341. The van der Waals surface area contributed by atoms with Crippen molar-refractivity contribution >= 4 is 5.91 Å². The van der Waals surface area contributed by atoms with Crippen molar-refractivity contribution in [3.63, 3.8) is 0 Å². The van der Waals surface area contributed by atoms with Crippen LogP contribution in [-0.4, -0.2) is 53.2 Å². The Bertz CT molecular complexity index is 520. The van der Waals surface area contributed by atoms with Crippen LogP contribution in [0.4, 0.5) is 4.39 Å². The quantitative estimate of drug-likeness (QED) is 0.860. The summed E-state index contributed by atoms with van der Waals surface area (Å²) >= 11 is 0. The lowest BCUT2D eigenvalue weighted by atomic mass is 10.1. The molecule has 0 bridgehead atoms. The van der Waals surface area contributed by atoms with Crippen LogP contribution in [0.15, 0.2) is 12.3 Å². The van der Waals surface area contributed by atoms with Crippen molar-refractivity contribution in [1.82, 2.24) is 14.9 Å². The number of carbonyl (C=O) groups is 1. The highest BCUT2D eigenvalue weighted by Crippen LogP contribution is 2.31. The molecule has 2 heterocycles. The predicted octanol–water partition coefficient (Wildman–Crippen LogP) is 2.33. The van der Waals surface area contributed by atoms with Gasteiger partial charge in [0.25, 0.3) is 5.91 Å². The van der Waals surface area contributed by atoms with Crippen molar-refractivity contribution in [2.75, 3.05) is 26.4 Å². The number of aromatic nitrogens is 2. The van der Waals surface area contributed by atoms with E-state index in [0.717, 1.165) is 25.1 Å². The highest BCUT2D eigenvalue weighted by atomic mass is 19.1. The highest BCUT2D eigenvalue weighted by Gasteiger charge is 2.26. The maximum Gasteiger partial charge on any atom is 0.272 e. The number of carbonyl (C=O) groups excluding carboxylic acids is 1. The summed E-state index contributed by atoms with van der Waals surface area (Å²) < 4.78 is 18.3. The van der Waals surface area contributed by atoms with E-state index >= 15 is 0 Å². The Kier molecular flexibility index (Phi) is 4.97. The van der Waals surface area contributed by atoms with E-state index in [4.69, 9.17) is 4.74 Å². The van der Waals surface area contributed by atoms with Gasteiger partial charge >= 0.3 is 0 Å². The molecule has 1 atom stereocenters. The van der Waals surface area contributed by atoms with Gasteiger partial charge in [-0.3, -0.25) is 4.79 Å². The number of hydrogen-bond donors (Lipinski definition) is 0. The average molecular weight is 307 g/mol. The van der Waals surface area contributed by atoms with Gasteiger partial charge in [-0.2, -0.15) is 0 Å². The number of amides is 1. The molecule has 2 aliphatic rings. The molecule has 22 heavy (non-hydrogen) atoms. The second-order valence-electron chi connectivity index (χ2n) is 6.03. The Morgan fingerprint density at radius 1 is 1.36 bits per heavy atom. The molecule has 1 saturated carbocycles. The first kappa shape index (κ1) is 15.3. The first-order valence-electron chi connectivity index (χ1n) is 8.07. The zero-order valence-electron chi connectivity index (χ0n) is 12.7. The second kappa shape index (κ2) is 7.13. The minimum atomic E-state index is -0.569. The van der Waals surface area contributed by atoms with Gasteiger partial charge in [0.15, 0.2) is 0 Å². The SMILES string of the molecule is O=C(c1ccnc(C2CCCC2)n1)N1CCCOC(CF)C1. The van der Waals surface area contributed by atoms with Gasteiger partial charge in [0, 0.05) is 31.8 Å². The molecule has 1 saturated heterocycles. The minimum absolute atomic E-state index is 0.148. The van der Waals surface area contributed by atoms with E-state index in [1.54, 1.807) is 17.2 Å². The van der Waals surface area contributed by atoms with Crippen molar-refractivity contribution in [3.05, 3.63) is 23.8 Å². The molecule has 1 amide bonds. The van der Waals surface area contributed by atoms with E-state index in [2.05, 4.69) is 9.97 Å². The van der Waals surface area contributed by atoms with Crippen LogP contribution in [0, 0.1) is 0 Å². The number of rotatable bonds is 3. The van der Waals surface area contributed by atoms with E-state index in [1.165, 1.54) is 12.8 Å². The monoisotopic (exact) mass is 307 g/mol. The Labute approximate surface area is 129 Å². The highest BCUT2D eigenvalue weighted by molar-refractivity contribution is 5.92.